The Hall–Kier alpha value is -2.82. The van der Waals surface area contributed by atoms with Gasteiger partial charge in [0, 0.05) is 36.4 Å². The molecule has 0 aliphatic carbocycles. The minimum absolute atomic E-state index is 0.316. The van der Waals surface area contributed by atoms with Crippen molar-refractivity contribution in [2.75, 3.05) is 24.6 Å². The maximum atomic E-state index is 11.7. The predicted molar refractivity (Wildman–Crippen MR) is 103 cm³/mol. The van der Waals surface area contributed by atoms with E-state index >= 15 is 0 Å². The van der Waals surface area contributed by atoms with Crippen molar-refractivity contribution >= 4 is 22.7 Å². The molecule has 0 bridgehead atoms. The zero-order valence-corrected chi connectivity index (χ0v) is 14.9. The van der Waals surface area contributed by atoms with Gasteiger partial charge in [0.25, 0.3) is 0 Å². The molecule has 0 atom stereocenters. The molecule has 134 valence electrons. The number of hydrogen-bond donors (Lipinski definition) is 1. The predicted octanol–water partition coefficient (Wildman–Crippen LogP) is 4.12. The van der Waals surface area contributed by atoms with Crippen LogP contribution in [0.1, 0.15) is 41.7 Å². The number of nitrogens with one attached hydrogen (secondary N) is 1. The maximum absolute atomic E-state index is 11.7. The molecule has 3 heterocycles. The number of carbonyl (C=O) groups excluding carboxylic acids is 1. The quantitative estimate of drug-likeness (QED) is 0.720. The third kappa shape index (κ3) is 3.29. The Kier molecular flexibility index (Phi) is 4.61. The van der Waals surface area contributed by atoms with Crippen molar-refractivity contribution in [3.63, 3.8) is 0 Å². The molecule has 1 saturated heterocycles. The number of para-hydroxylation sites is 1. The molecule has 0 saturated carbocycles. The summed E-state index contributed by atoms with van der Waals surface area (Å²) < 4.78 is 5.01. The molecule has 0 amide bonds. The average molecular weight is 349 g/mol. The highest BCUT2D eigenvalue weighted by atomic mass is 16.5. The van der Waals surface area contributed by atoms with Crippen molar-refractivity contribution in [1.29, 1.82) is 0 Å². The van der Waals surface area contributed by atoms with E-state index in [1.54, 1.807) is 19.2 Å². The summed E-state index contributed by atoms with van der Waals surface area (Å²) in [5.74, 6) is 1.16. The summed E-state index contributed by atoms with van der Waals surface area (Å²) in [6.45, 7) is 4.11. The number of piperidine rings is 1. The normalized spacial score (nSPS) is 15.3. The van der Waals surface area contributed by atoms with Gasteiger partial charge < -0.3 is 14.6 Å². The van der Waals surface area contributed by atoms with E-state index in [1.165, 1.54) is 16.6 Å². The summed E-state index contributed by atoms with van der Waals surface area (Å²) in [5.41, 5.74) is 3.04. The van der Waals surface area contributed by atoms with Crippen LogP contribution in [0.3, 0.4) is 0 Å². The van der Waals surface area contributed by atoms with Gasteiger partial charge in [-0.25, -0.2) is 9.78 Å². The zero-order chi connectivity index (χ0) is 17.9. The molecule has 26 heavy (non-hydrogen) atoms. The minimum atomic E-state index is -0.316. The molecule has 4 rings (SSSR count). The number of aromatic nitrogens is 2. The number of aromatic amines is 1. The largest absolute Gasteiger partial charge is 0.462 e. The lowest BCUT2D eigenvalue weighted by atomic mass is 9.93. The molecule has 3 aromatic rings. The number of H-pyrrole nitrogens is 1. The second-order valence-corrected chi connectivity index (χ2v) is 6.70. The third-order valence-corrected chi connectivity index (χ3v) is 5.07. The molecule has 1 aromatic carbocycles. The van der Waals surface area contributed by atoms with Crippen LogP contribution in [-0.4, -0.2) is 35.6 Å². The molecule has 1 N–H and O–H groups in total. The Morgan fingerprint density at radius 2 is 2.04 bits per heavy atom. The van der Waals surface area contributed by atoms with Gasteiger partial charge in [-0.2, -0.15) is 0 Å². The van der Waals surface area contributed by atoms with Gasteiger partial charge in [0.1, 0.15) is 5.82 Å². The summed E-state index contributed by atoms with van der Waals surface area (Å²) in [6.07, 6.45) is 3.79. The van der Waals surface area contributed by atoms with Crippen LogP contribution in [0.5, 0.6) is 0 Å². The Bertz CT molecular complexity index is 860. The van der Waals surface area contributed by atoms with Crippen LogP contribution in [0, 0.1) is 0 Å². The lowest BCUT2D eigenvalue weighted by Crippen LogP contribution is -2.33. The number of hydrogen-bond acceptors (Lipinski definition) is 4. The number of carbonyl (C=O) groups is 1. The Morgan fingerprint density at radius 1 is 1.23 bits per heavy atom. The summed E-state index contributed by atoms with van der Waals surface area (Å²) in [4.78, 5) is 22.0. The molecule has 2 aromatic heterocycles. The van der Waals surface area contributed by atoms with E-state index < -0.39 is 0 Å². The number of rotatable bonds is 4. The first-order chi connectivity index (χ1) is 12.7. The van der Waals surface area contributed by atoms with E-state index in [0.717, 1.165) is 31.7 Å². The van der Waals surface area contributed by atoms with E-state index in [1.807, 2.05) is 6.07 Å². The van der Waals surface area contributed by atoms with E-state index in [0.29, 0.717) is 18.1 Å². The number of nitrogens with zero attached hydrogens (tertiary/aromatic N) is 2. The Labute approximate surface area is 153 Å². The van der Waals surface area contributed by atoms with Gasteiger partial charge in [0.2, 0.25) is 0 Å². The van der Waals surface area contributed by atoms with Crippen molar-refractivity contribution in [2.45, 2.75) is 25.7 Å². The van der Waals surface area contributed by atoms with Gasteiger partial charge in [-0.3, -0.25) is 0 Å². The molecule has 1 fully saturated rings. The van der Waals surface area contributed by atoms with Crippen molar-refractivity contribution in [1.82, 2.24) is 9.97 Å². The molecule has 0 unspecified atom stereocenters. The fourth-order valence-electron chi connectivity index (χ4n) is 3.64. The number of esters is 1. The van der Waals surface area contributed by atoms with Crippen LogP contribution < -0.4 is 4.90 Å². The first-order valence-corrected chi connectivity index (χ1v) is 9.20. The minimum Gasteiger partial charge on any atom is -0.462 e. The van der Waals surface area contributed by atoms with E-state index in [4.69, 9.17) is 4.74 Å². The Balaban J connectivity index is 1.40. The van der Waals surface area contributed by atoms with Crippen LogP contribution >= 0.6 is 0 Å². The molecule has 0 spiro atoms. The fourth-order valence-corrected chi connectivity index (χ4v) is 3.64. The highest BCUT2D eigenvalue weighted by Gasteiger charge is 2.23. The first-order valence-electron chi connectivity index (χ1n) is 9.20. The monoisotopic (exact) mass is 349 g/mol. The molecule has 5 heteroatoms. The second-order valence-electron chi connectivity index (χ2n) is 6.70. The first kappa shape index (κ1) is 16.6. The molecule has 0 radical (unpaired) electrons. The van der Waals surface area contributed by atoms with Gasteiger partial charge in [-0.1, -0.05) is 18.2 Å². The number of fused-ring (bicyclic) bond motifs is 1. The molecule has 5 nitrogen and oxygen atoms in total. The topological polar surface area (TPSA) is 58.2 Å². The average Bonchev–Trinajstić information content (AvgIpc) is 3.13. The smallest absolute Gasteiger partial charge is 0.339 e. The van der Waals surface area contributed by atoms with Crippen molar-refractivity contribution in [3.8, 4) is 0 Å². The molecular weight excluding hydrogens is 326 g/mol. The summed E-state index contributed by atoms with van der Waals surface area (Å²) >= 11 is 0. The highest BCUT2D eigenvalue weighted by Crippen LogP contribution is 2.31. The number of pyridine rings is 1. The lowest BCUT2D eigenvalue weighted by Gasteiger charge is -2.32. The Morgan fingerprint density at radius 3 is 2.73 bits per heavy atom. The van der Waals surface area contributed by atoms with E-state index in [9.17, 15) is 4.79 Å². The van der Waals surface area contributed by atoms with Crippen molar-refractivity contribution < 1.29 is 9.53 Å². The van der Waals surface area contributed by atoms with Crippen molar-refractivity contribution in [2.24, 2.45) is 0 Å². The van der Waals surface area contributed by atoms with Crippen LogP contribution in [-0.2, 0) is 4.74 Å². The van der Waals surface area contributed by atoms with Gasteiger partial charge in [-0.15, -0.1) is 0 Å². The lowest BCUT2D eigenvalue weighted by molar-refractivity contribution is 0.0526. The molecular formula is C21H23N3O2. The highest BCUT2D eigenvalue weighted by molar-refractivity contribution is 5.89. The maximum Gasteiger partial charge on any atom is 0.339 e. The van der Waals surface area contributed by atoms with E-state index in [2.05, 4.69) is 45.2 Å². The molecule has 1 aliphatic rings. The van der Waals surface area contributed by atoms with Gasteiger partial charge in [0.05, 0.1) is 12.2 Å². The van der Waals surface area contributed by atoms with Gasteiger partial charge in [-0.05, 0) is 49.4 Å². The number of anilines is 1. The van der Waals surface area contributed by atoms with Crippen LogP contribution in [0.4, 0.5) is 5.82 Å². The molecule has 1 aliphatic heterocycles. The number of benzene rings is 1. The zero-order valence-electron chi connectivity index (χ0n) is 14.9. The van der Waals surface area contributed by atoms with Gasteiger partial charge >= 0.3 is 5.97 Å². The SMILES string of the molecule is CCOC(=O)c1ccc(N2CCC(c3cc4ccccc4[nH]3)CC2)nc1. The fraction of sp³-hybridized carbons (Fsp3) is 0.333. The van der Waals surface area contributed by atoms with Crippen LogP contribution in [0.2, 0.25) is 0 Å². The second kappa shape index (κ2) is 7.20. The van der Waals surface area contributed by atoms with Crippen LogP contribution in [0.25, 0.3) is 10.9 Å². The third-order valence-electron chi connectivity index (χ3n) is 5.07. The number of ether oxygens (including phenoxy) is 1. The standard InChI is InChI=1S/C21H23N3O2/c1-2-26-21(25)17-7-8-20(22-14-17)24-11-9-15(10-12-24)19-13-16-5-3-4-6-18(16)23-19/h3-8,13-15,23H,2,9-12H2,1H3. The summed E-state index contributed by atoms with van der Waals surface area (Å²) in [6, 6.07) is 14.4. The van der Waals surface area contributed by atoms with E-state index in [-0.39, 0.29) is 5.97 Å². The summed E-state index contributed by atoms with van der Waals surface area (Å²) in [7, 11) is 0. The van der Waals surface area contributed by atoms with Crippen LogP contribution in [0.15, 0.2) is 48.7 Å². The van der Waals surface area contributed by atoms with Gasteiger partial charge in [0.15, 0.2) is 0 Å². The summed E-state index contributed by atoms with van der Waals surface area (Å²) in [5, 5.41) is 1.28. The van der Waals surface area contributed by atoms with Crippen molar-refractivity contribution in [3.05, 3.63) is 59.9 Å².